The Labute approximate surface area is 87.6 Å². The van der Waals surface area contributed by atoms with Gasteiger partial charge in [0.2, 0.25) is 0 Å². The summed E-state index contributed by atoms with van der Waals surface area (Å²) in [5, 5.41) is 1.69. The minimum absolute atomic E-state index is 0.844. The second kappa shape index (κ2) is 5.55. The Morgan fingerprint density at radius 3 is 2.36 bits per heavy atom. The van der Waals surface area contributed by atoms with Crippen LogP contribution in [0.3, 0.4) is 0 Å². The van der Waals surface area contributed by atoms with Gasteiger partial charge in [-0.25, -0.2) is 4.21 Å². The number of hydrogen-bond acceptors (Lipinski definition) is 1. The minimum atomic E-state index is -1.02. The van der Waals surface area contributed by atoms with E-state index >= 15 is 0 Å². The van der Waals surface area contributed by atoms with Gasteiger partial charge in [0.15, 0.2) is 0 Å². The maximum absolute atomic E-state index is 11.6. The van der Waals surface area contributed by atoms with Gasteiger partial charge in [0.05, 0.1) is 10.8 Å². The van der Waals surface area contributed by atoms with Crippen LogP contribution in [0.25, 0.3) is 0 Å². The average molecular weight is 206 g/mol. The van der Waals surface area contributed by atoms with Gasteiger partial charge in [0.1, 0.15) is 0 Å². The van der Waals surface area contributed by atoms with Crippen LogP contribution >= 0.6 is 0 Å². The summed E-state index contributed by atoms with van der Waals surface area (Å²) >= 11 is 0. The lowest BCUT2D eigenvalue weighted by molar-refractivity contribution is 0.688. The Morgan fingerprint density at radius 2 is 1.79 bits per heavy atom. The monoisotopic (exact) mass is 206 g/mol. The lowest BCUT2D eigenvalue weighted by Gasteiger charge is -1.96. The van der Waals surface area contributed by atoms with Crippen LogP contribution in [0.5, 0.6) is 0 Å². The minimum Gasteiger partial charge on any atom is -0.250 e. The lowest BCUT2D eigenvalue weighted by atomic mass is 10.2. The van der Waals surface area contributed by atoms with Crippen molar-refractivity contribution >= 4 is 10.8 Å². The molecule has 0 spiro atoms. The van der Waals surface area contributed by atoms with Crippen molar-refractivity contribution in [3.05, 3.63) is 53.5 Å². The van der Waals surface area contributed by atoms with E-state index in [4.69, 9.17) is 0 Å². The Morgan fingerprint density at radius 1 is 1.14 bits per heavy atom. The molecule has 0 fully saturated rings. The van der Waals surface area contributed by atoms with Crippen molar-refractivity contribution in [3.63, 3.8) is 0 Å². The molecule has 0 radical (unpaired) electrons. The van der Waals surface area contributed by atoms with E-state index in [2.05, 4.69) is 0 Å². The molecule has 1 nitrogen and oxygen atoms in total. The third-order valence-corrected chi connectivity index (χ3v) is 2.90. The molecule has 14 heavy (non-hydrogen) atoms. The van der Waals surface area contributed by atoms with Gasteiger partial charge in [0.25, 0.3) is 0 Å². The second-order valence-electron chi connectivity index (χ2n) is 2.96. The first-order chi connectivity index (χ1) is 6.74. The molecule has 1 aromatic rings. The van der Waals surface area contributed by atoms with Crippen molar-refractivity contribution < 1.29 is 4.21 Å². The van der Waals surface area contributed by atoms with Crippen LogP contribution in [0.15, 0.2) is 52.8 Å². The number of rotatable bonds is 3. The molecule has 0 aromatic heterocycles. The quantitative estimate of drug-likeness (QED) is 0.694. The molecule has 0 N–H and O–H groups in total. The zero-order chi connectivity index (χ0) is 10.4. The van der Waals surface area contributed by atoms with E-state index in [1.165, 1.54) is 5.56 Å². The Balaban J connectivity index is 2.75. The zero-order valence-corrected chi connectivity index (χ0v) is 9.25. The summed E-state index contributed by atoms with van der Waals surface area (Å²) in [5.41, 5.74) is 1.18. The van der Waals surface area contributed by atoms with E-state index in [0.29, 0.717) is 0 Å². The van der Waals surface area contributed by atoms with Crippen molar-refractivity contribution in [1.29, 1.82) is 0 Å². The van der Waals surface area contributed by atoms with E-state index in [1.807, 2.05) is 50.3 Å². The first kappa shape index (κ1) is 10.9. The maximum atomic E-state index is 11.6. The molecule has 0 heterocycles. The lowest BCUT2D eigenvalue weighted by Crippen LogP contribution is -1.85. The van der Waals surface area contributed by atoms with E-state index in [1.54, 1.807) is 11.5 Å². The van der Waals surface area contributed by atoms with Crippen molar-refractivity contribution in [3.8, 4) is 0 Å². The summed E-state index contributed by atoms with van der Waals surface area (Å²) < 4.78 is 11.6. The maximum Gasteiger partial charge on any atom is 0.0775 e. The number of hydrogen-bond donors (Lipinski definition) is 0. The van der Waals surface area contributed by atoms with Crippen LogP contribution in [0.2, 0.25) is 0 Å². The molecule has 1 rings (SSSR count). The van der Waals surface area contributed by atoms with Crippen LogP contribution in [0.4, 0.5) is 0 Å². The highest BCUT2D eigenvalue weighted by molar-refractivity contribution is 7.88. The summed E-state index contributed by atoms with van der Waals surface area (Å²) in [5.74, 6) is 0. The fourth-order valence-electron chi connectivity index (χ4n) is 0.979. The predicted molar refractivity (Wildman–Crippen MR) is 61.5 cm³/mol. The molecular weight excluding hydrogens is 192 g/mol. The van der Waals surface area contributed by atoms with Gasteiger partial charge in [-0.05, 0) is 26.0 Å². The van der Waals surface area contributed by atoms with E-state index in [0.717, 1.165) is 4.90 Å². The van der Waals surface area contributed by atoms with Crippen molar-refractivity contribution in [2.24, 2.45) is 0 Å². The molecule has 0 bridgehead atoms. The van der Waals surface area contributed by atoms with Crippen molar-refractivity contribution in [2.45, 2.75) is 18.7 Å². The smallest absolute Gasteiger partial charge is 0.0775 e. The summed E-state index contributed by atoms with van der Waals surface area (Å²) in [6.07, 6.45) is 5.57. The normalized spacial score (nSPS) is 13.9. The predicted octanol–water partition coefficient (Wildman–Crippen LogP) is 3.19. The van der Waals surface area contributed by atoms with Crippen LogP contribution in [-0.2, 0) is 10.8 Å². The first-order valence-corrected chi connectivity index (χ1v) is 5.72. The number of benzene rings is 1. The molecule has 2 heteroatoms. The molecule has 1 aromatic carbocycles. The highest BCUT2D eigenvalue weighted by atomic mass is 32.2. The van der Waals surface area contributed by atoms with Crippen LogP contribution in [-0.4, -0.2) is 4.21 Å². The Hall–Kier alpha value is -1.15. The molecular formula is C12H14OS. The van der Waals surface area contributed by atoms with Gasteiger partial charge in [-0.2, -0.15) is 0 Å². The third-order valence-electron chi connectivity index (χ3n) is 1.76. The van der Waals surface area contributed by atoms with Gasteiger partial charge in [0, 0.05) is 10.3 Å². The largest absolute Gasteiger partial charge is 0.250 e. The van der Waals surface area contributed by atoms with Crippen LogP contribution in [0, 0.1) is 6.92 Å². The van der Waals surface area contributed by atoms with Crippen molar-refractivity contribution in [2.75, 3.05) is 0 Å². The molecule has 0 aliphatic heterocycles. The fraction of sp³-hybridized carbons (Fsp3) is 0.167. The van der Waals surface area contributed by atoms with Crippen LogP contribution < -0.4 is 0 Å². The highest BCUT2D eigenvalue weighted by Crippen LogP contribution is 2.08. The number of aryl methyl sites for hydroxylation is 1. The van der Waals surface area contributed by atoms with E-state index < -0.39 is 10.8 Å². The molecule has 0 amide bonds. The molecule has 74 valence electrons. The van der Waals surface area contributed by atoms with Gasteiger partial charge in [-0.1, -0.05) is 35.9 Å². The average Bonchev–Trinajstić information content (AvgIpc) is 2.19. The topological polar surface area (TPSA) is 17.1 Å². The molecule has 0 saturated heterocycles. The molecule has 1 atom stereocenters. The highest BCUT2D eigenvalue weighted by Gasteiger charge is 1.96. The standard InChI is InChI=1S/C12H14OS/c1-3-4-5-10-14(13)12-8-6-11(2)7-9-12/h3-10H,1-2H3/b4-3+,10-5+/t14-/m0/s1. The molecule has 0 saturated carbocycles. The summed E-state index contributed by atoms with van der Waals surface area (Å²) in [7, 11) is -1.02. The van der Waals surface area contributed by atoms with E-state index in [-0.39, 0.29) is 0 Å². The zero-order valence-electron chi connectivity index (χ0n) is 8.44. The van der Waals surface area contributed by atoms with E-state index in [9.17, 15) is 4.21 Å². The van der Waals surface area contributed by atoms with Crippen LogP contribution in [0.1, 0.15) is 12.5 Å². The first-order valence-electron chi connectivity index (χ1n) is 4.51. The summed E-state index contributed by atoms with van der Waals surface area (Å²) in [4.78, 5) is 0.844. The summed E-state index contributed by atoms with van der Waals surface area (Å²) in [6.45, 7) is 3.95. The van der Waals surface area contributed by atoms with Crippen molar-refractivity contribution in [1.82, 2.24) is 0 Å². The Bertz CT molecular complexity index is 360. The SMILES string of the molecule is C/C=C/C=C/[S@](=O)c1ccc(C)cc1. The molecule has 0 aliphatic carbocycles. The van der Waals surface area contributed by atoms with Gasteiger partial charge in [-0.15, -0.1) is 0 Å². The van der Waals surface area contributed by atoms with Gasteiger partial charge >= 0.3 is 0 Å². The fourth-order valence-corrected chi connectivity index (χ4v) is 1.77. The second-order valence-corrected chi connectivity index (χ2v) is 4.30. The van der Waals surface area contributed by atoms with Gasteiger partial charge < -0.3 is 0 Å². The number of allylic oxidation sites excluding steroid dienone is 3. The molecule has 0 unspecified atom stereocenters. The summed E-state index contributed by atoms with van der Waals surface area (Å²) in [6, 6.07) is 7.73. The Kier molecular flexibility index (Phi) is 4.33. The van der Waals surface area contributed by atoms with Gasteiger partial charge in [-0.3, -0.25) is 0 Å². The third kappa shape index (κ3) is 3.30. The molecule has 0 aliphatic rings.